The van der Waals surface area contributed by atoms with Crippen molar-refractivity contribution in [3.05, 3.63) is 0 Å². The van der Waals surface area contributed by atoms with Gasteiger partial charge in [0.1, 0.15) is 5.54 Å². The molecule has 22 heavy (non-hydrogen) atoms. The molecule has 1 aliphatic carbocycles. The summed E-state index contributed by atoms with van der Waals surface area (Å²) in [6.07, 6.45) is 2.71. The normalized spacial score (nSPS) is 19.0. The van der Waals surface area contributed by atoms with Crippen LogP contribution in [0.2, 0.25) is 0 Å². The minimum Gasteiger partial charge on any atom is -0.480 e. The van der Waals surface area contributed by atoms with E-state index < -0.39 is 29.9 Å². The first-order valence-corrected chi connectivity index (χ1v) is 7.68. The number of alkyl carbamates (subject to hydrolysis) is 1. The molecule has 0 heterocycles. The number of carboxylic acids is 1. The van der Waals surface area contributed by atoms with Gasteiger partial charge in [-0.1, -0.05) is 32.6 Å². The number of hydrogen-bond donors (Lipinski definition) is 2. The van der Waals surface area contributed by atoms with E-state index in [9.17, 15) is 19.5 Å². The minimum absolute atomic E-state index is 0.170. The molecule has 126 valence electrons. The lowest BCUT2D eigenvalue weighted by molar-refractivity contribution is -0.165. The number of aliphatic carboxylic acids is 1. The zero-order valence-electron chi connectivity index (χ0n) is 13.4. The fourth-order valence-corrected chi connectivity index (χ4v) is 2.68. The average molecular weight is 315 g/mol. The lowest BCUT2D eigenvalue weighted by atomic mass is 9.88. The Labute approximate surface area is 130 Å². The molecule has 7 nitrogen and oxygen atoms in total. The molecular formula is C15H25NO6. The Balaban J connectivity index is 2.55. The van der Waals surface area contributed by atoms with Crippen molar-refractivity contribution >= 4 is 18.0 Å². The molecule has 2 N–H and O–H groups in total. The maximum absolute atomic E-state index is 11.8. The summed E-state index contributed by atoms with van der Waals surface area (Å²) >= 11 is 0. The summed E-state index contributed by atoms with van der Waals surface area (Å²) in [6.45, 7) is 4.50. The van der Waals surface area contributed by atoms with E-state index in [0.29, 0.717) is 6.42 Å². The van der Waals surface area contributed by atoms with Gasteiger partial charge in [-0.05, 0) is 19.3 Å². The van der Waals surface area contributed by atoms with Gasteiger partial charge in [0, 0.05) is 13.3 Å². The van der Waals surface area contributed by atoms with Crippen LogP contribution in [0.1, 0.15) is 59.3 Å². The zero-order valence-corrected chi connectivity index (χ0v) is 13.4. The summed E-state index contributed by atoms with van der Waals surface area (Å²) < 4.78 is 9.69. The van der Waals surface area contributed by atoms with Crippen molar-refractivity contribution in [3.8, 4) is 0 Å². The monoisotopic (exact) mass is 315 g/mol. The van der Waals surface area contributed by atoms with Crippen molar-refractivity contribution in [1.29, 1.82) is 0 Å². The predicted octanol–water partition coefficient (Wildman–Crippen LogP) is 2.44. The molecule has 1 saturated carbocycles. The van der Waals surface area contributed by atoms with Crippen LogP contribution in [0.5, 0.6) is 0 Å². The second-order valence-corrected chi connectivity index (χ2v) is 5.93. The molecule has 0 aromatic carbocycles. The number of rotatable bonds is 7. The molecule has 0 aromatic heterocycles. The maximum atomic E-state index is 11.8. The van der Waals surface area contributed by atoms with Gasteiger partial charge in [-0.2, -0.15) is 0 Å². The number of esters is 1. The summed E-state index contributed by atoms with van der Waals surface area (Å²) in [5, 5.41) is 11.8. The van der Waals surface area contributed by atoms with Crippen LogP contribution in [0, 0.1) is 5.92 Å². The number of carbonyl (C=O) groups is 3. The van der Waals surface area contributed by atoms with Gasteiger partial charge in [0.05, 0.1) is 0 Å². The summed E-state index contributed by atoms with van der Waals surface area (Å²) in [5.74, 6) is -1.31. The molecule has 7 heteroatoms. The molecule has 0 aliphatic heterocycles. The highest BCUT2D eigenvalue weighted by molar-refractivity contribution is 5.84. The highest BCUT2D eigenvalue weighted by atomic mass is 16.7. The van der Waals surface area contributed by atoms with E-state index in [1.807, 2.05) is 0 Å². The molecule has 0 unspecified atom stereocenters. The van der Waals surface area contributed by atoms with Crippen LogP contribution >= 0.6 is 0 Å². The van der Waals surface area contributed by atoms with Crippen LogP contribution in [-0.2, 0) is 19.1 Å². The van der Waals surface area contributed by atoms with Crippen molar-refractivity contribution in [2.75, 3.05) is 0 Å². The second-order valence-electron chi connectivity index (χ2n) is 5.93. The fraction of sp³-hybridized carbons (Fsp3) is 0.800. The number of ether oxygens (including phenoxy) is 2. The fourth-order valence-electron chi connectivity index (χ4n) is 2.68. The van der Waals surface area contributed by atoms with Crippen molar-refractivity contribution < 1.29 is 29.0 Å². The van der Waals surface area contributed by atoms with E-state index in [1.54, 1.807) is 6.92 Å². The minimum atomic E-state index is -1.39. The van der Waals surface area contributed by atoms with Gasteiger partial charge in [-0.15, -0.1) is 0 Å². The third-order valence-corrected chi connectivity index (χ3v) is 3.88. The quantitative estimate of drug-likeness (QED) is 0.552. The summed E-state index contributed by atoms with van der Waals surface area (Å²) in [5.41, 5.74) is -1.39. The molecule has 0 bridgehead atoms. The Morgan fingerprint density at radius 2 is 1.86 bits per heavy atom. The van der Waals surface area contributed by atoms with Gasteiger partial charge in [0.25, 0.3) is 0 Å². The molecule has 1 amide bonds. The molecule has 1 fully saturated rings. The third-order valence-electron chi connectivity index (χ3n) is 3.88. The Kier molecular flexibility index (Phi) is 6.64. The summed E-state index contributed by atoms with van der Waals surface area (Å²) in [7, 11) is 0. The molecule has 0 radical (unpaired) electrons. The number of amides is 1. The third kappa shape index (κ3) is 5.54. The van der Waals surface area contributed by atoms with Gasteiger partial charge >= 0.3 is 18.0 Å². The van der Waals surface area contributed by atoms with E-state index in [4.69, 9.17) is 9.47 Å². The molecular weight excluding hydrogens is 290 g/mol. The van der Waals surface area contributed by atoms with Crippen molar-refractivity contribution in [2.45, 2.75) is 71.1 Å². The topological polar surface area (TPSA) is 102 Å². The number of carboxylic acid groups (broad SMARTS) is 1. The average Bonchev–Trinajstić information content (AvgIpc) is 2.90. The first kappa shape index (κ1) is 18.3. The first-order valence-electron chi connectivity index (χ1n) is 7.68. The predicted molar refractivity (Wildman–Crippen MR) is 78.1 cm³/mol. The van der Waals surface area contributed by atoms with Crippen molar-refractivity contribution in [2.24, 2.45) is 5.92 Å². The molecule has 2 atom stereocenters. The van der Waals surface area contributed by atoms with Gasteiger partial charge in [-0.25, -0.2) is 9.59 Å². The van der Waals surface area contributed by atoms with Gasteiger partial charge in [0.15, 0.2) is 0 Å². The smallest absolute Gasteiger partial charge is 0.411 e. The van der Waals surface area contributed by atoms with Crippen molar-refractivity contribution in [1.82, 2.24) is 5.32 Å². The van der Waals surface area contributed by atoms with Crippen molar-refractivity contribution in [3.63, 3.8) is 0 Å². The number of carbonyl (C=O) groups excluding carboxylic acids is 2. The van der Waals surface area contributed by atoms with Gasteiger partial charge in [0.2, 0.25) is 6.29 Å². The van der Waals surface area contributed by atoms with Crippen LogP contribution in [0.15, 0.2) is 0 Å². The lowest BCUT2D eigenvalue weighted by Crippen LogP contribution is -2.53. The van der Waals surface area contributed by atoms with Crippen LogP contribution in [0.25, 0.3) is 0 Å². The zero-order chi connectivity index (χ0) is 16.8. The SMILES string of the molecule is CCC(=O)O[C@@H](C)OC(=O)N[C@@](C)(CC1CCCC1)C(=O)O. The largest absolute Gasteiger partial charge is 0.480 e. The van der Waals surface area contributed by atoms with Gasteiger partial charge < -0.3 is 19.9 Å². The molecule has 0 saturated heterocycles. The molecule has 0 spiro atoms. The molecule has 1 aliphatic rings. The number of hydrogen-bond acceptors (Lipinski definition) is 5. The summed E-state index contributed by atoms with van der Waals surface area (Å²) in [4.78, 5) is 34.4. The van der Waals surface area contributed by atoms with Crippen LogP contribution in [0.3, 0.4) is 0 Å². The molecule has 0 aromatic rings. The van der Waals surface area contributed by atoms with E-state index in [2.05, 4.69) is 5.32 Å². The maximum Gasteiger partial charge on any atom is 0.411 e. The van der Waals surface area contributed by atoms with E-state index >= 15 is 0 Å². The Bertz CT molecular complexity index is 418. The first-order chi connectivity index (χ1) is 10.3. The Hall–Kier alpha value is -1.79. The highest BCUT2D eigenvalue weighted by Gasteiger charge is 2.38. The lowest BCUT2D eigenvalue weighted by Gasteiger charge is -2.29. The Morgan fingerprint density at radius 3 is 2.36 bits per heavy atom. The van der Waals surface area contributed by atoms with Gasteiger partial charge in [-0.3, -0.25) is 4.79 Å². The van der Waals surface area contributed by atoms with E-state index in [0.717, 1.165) is 25.7 Å². The van der Waals surface area contributed by atoms with E-state index in [-0.39, 0.29) is 12.3 Å². The Morgan fingerprint density at radius 1 is 1.27 bits per heavy atom. The number of nitrogens with one attached hydrogen (secondary N) is 1. The standard InChI is InChI=1S/C15H25NO6/c1-4-12(17)21-10(2)22-14(20)16-15(3,13(18)19)9-11-7-5-6-8-11/h10-11H,4-9H2,1-3H3,(H,16,20)(H,18,19)/t10-,15+/m1/s1. The van der Waals surface area contributed by atoms with Crippen LogP contribution in [-0.4, -0.2) is 35.0 Å². The molecule has 1 rings (SSSR count). The second kappa shape index (κ2) is 8.00. The van der Waals surface area contributed by atoms with Crippen LogP contribution in [0.4, 0.5) is 4.79 Å². The summed E-state index contributed by atoms with van der Waals surface area (Å²) in [6, 6.07) is 0. The van der Waals surface area contributed by atoms with Crippen LogP contribution < -0.4 is 5.32 Å². The van der Waals surface area contributed by atoms with E-state index in [1.165, 1.54) is 13.8 Å². The highest BCUT2D eigenvalue weighted by Crippen LogP contribution is 2.32.